The van der Waals surface area contributed by atoms with E-state index < -0.39 is 10.0 Å². The SMILES string of the molecule is CN(C)[C@H](CNC(=S)Nc1cccc(S(=O)(=O)N(C)C)c1)Cc1ccccc1. The van der Waals surface area contributed by atoms with Gasteiger partial charge in [0.2, 0.25) is 10.0 Å². The van der Waals surface area contributed by atoms with Crippen LogP contribution in [0.3, 0.4) is 0 Å². The van der Waals surface area contributed by atoms with Crippen molar-refractivity contribution in [2.24, 2.45) is 0 Å². The number of sulfonamides is 1. The summed E-state index contributed by atoms with van der Waals surface area (Å²) in [6.45, 7) is 0.670. The molecule has 0 fully saturated rings. The predicted octanol–water partition coefficient (Wildman–Crippen LogP) is 2.40. The fourth-order valence-electron chi connectivity index (χ4n) is 2.65. The van der Waals surface area contributed by atoms with Gasteiger partial charge in [0.25, 0.3) is 0 Å². The minimum Gasteiger partial charge on any atom is -0.361 e. The van der Waals surface area contributed by atoms with E-state index in [0.717, 1.165) is 6.42 Å². The van der Waals surface area contributed by atoms with Crippen LogP contribution in [0.5, 0.6) is 0 Å². The summed E-state index contributed by atoms with van der Waals surface area (Å²) in [6, 6.07) is 17.2. The molecule has 2 aromatic rings. The molecule has 0 aliphatic heterocycles. The number of nitrogens with one attached hydrogen (secondary N) is 2. The lowest BCUT2D eigenvalue weighted by Crippen LogP contribution is -2.42. The maximum Gasteiger partial charge on any atom is 0.242 e. The lowest BCUT2D eigenvalue weighted by Gasteiger charge is -2.25. The molecule has 0 bridgehead atoms. The Morgan fingerprint density at radius 2 is 1.71 bits per heavy atom. The Kier molecular flexibility index (Phi) is 7.94. The second-order valence-electron chi connectivity index (χ2n) is 6.96. The first-order valence-electron chi connectivity index (χ1n) is 8.98. The summed E-state index contributed by atoms with van der Waals surface area (Å²) in [5, 5.41) is 6.76. The second-order valence-corrected chi connectivity index (χ2v) is 9.52. The van der Waals surface area contributed by atoms with Crippen molar-refractivity contribution >= 4 is 33.0 Å². The quantitative estimate of drug-likeness (QED) is 0.640. The molecule has 8 heteroatoms. The van der Waals surface area contributed by atoms with Crippen LogP contribution >= 0.6 is 12.2 Å². The first-order valence-corrected chi connectivity index (χ1v) is 10.8. The second kappa shape index (κ2) is 9.97. The largest absolute Gasteiger partial charge is 0.361 e. The van der Waals surface area contributed by atoms with Crippen LogP contribution in [0.4, 0.5) is 5.69 Å². The molecule has 0 saturated heterocycles. The summed E-state index contributed by atoms with van der Waals surface area (Å²) < 4.78 is 25.7. The standard InChI is InChI=1S/C20H28N4O2S2/c1-23(2)18(13-16-9-6-5-7-10-16)15-21-20(27)22-17-11-8-12-19(14-17)28(25,26)24(3)4/h5-12,14,18H,13,15H2,1-4H3,(H2,21,22,27)/t18-/m0/s1. The van der Waals surface area contributed by atoms with Crippen molar-refractivity contribution in [1.29, 1.82) is 0 Å². The number of nitrogens with zero attached hydrogens (tertiary/aromatic N) is 2. The lowest BCUT2D eigenvalue weighted by atomic mass is 10.1. The highest BCUT2D eigenvalue weighted by molar-refractivity contribution is 7.89. The number of hydrogen-bond donors (Lipinski definition) is 2. The van der Waals surface area contributed by atoms with Crippen LogP contribution in [0.1, 0.15) is 5.56 Å². The average Bonchev–Trinajstić information content (AvgIpc) is 2.65. The molecule has 0 unspecified atom stereocenters. The Bertz CT molecular complexity index is 884. The highest BCUT2D eigenvalue weighted by Gasteiger charge is 2.17. The highest BCUT2D eigenvalue weighted by Crippen LogP contribution is 2.18. The van der Waals surface area contributed by atoms with E-state index in [1.807, 2.05) is 32.3 Å². The van der Waals surface area contributed by atoms with Crippen LogP contribution in [0.25, 0.3) is 0 Å². The van der Waals surface area contributed by atoms with Crippen LogP contribution in [0.15, 0.2) is 59.5 Å². The predicted molar refractivity (Wildman–Crippen MR) is 119 cm³/mol. The van der Waals surface area contributed by atoms with Gasteiger partial charge in [-0.2, -0.15) is 0 Å². The van der Waals surface area contributed by atoms with Gasteiger partial charge in [-0.05, 0) is 56.5 Å². The van der Waals surface area contributed by atoms with E-state index in [-0.39, 0.29) is 10.9 Å². The minimum atomic E-state index is -3.48. The maximum atomic E-state index is 12.3. The Labute approximate surface area is 173 Å². The number of rotatable bonds is 8. The Morgan fingerprint density at radius 1 is 1.04 bits per heavy atom. The zero-order chi connectivity index (χ0) is 20.7. The smallest absolute Gasteiger partial charge is 0.242 e. The van der Waals surface area contributed by atoms with E-state index in [1.165, 1.54) is 24.0 Å². The van der Waals surface area contributed by atoms with Gasteiger partial charge in [0.05, 0.1) is 4.90 Å². The molecule has 2 N–H and O–H groups in total. The Morgan fingerprint density at radius 3 is 2.32 bits per heavy atom. The van der Waals surface area contributed by atoms with Crippen molar-refractivity contribution in [1.82, 2.24) is 14.5 Å². The zero-order valence-corrected chi connectivity index (χ0v) is 18.3. The fraction of sp³-hybridized carbons (Fsp3) is 0.350. The summed E-state index contributed by atoms with van der Waals surface area (Å²) in [4.78, 5) is 2.38. The van der Waals surface area contributed by atoms with Gasteiger partial charge in [-0.1, -0.05) is 36.4 Å². The zero-order valence-electron chi connectivity index (χ0n) is 16.7. The molecule has 0 radical (unpaired) electrons. The third-order valence-corrected chi connectivity index (χ3v) is 6.47. The Balaban J connectivity index is 1.98. The first kappa shape index (κ1) is 22.3. The molecule has 0 amide bonds. The number of thiocarbonyl (C=S) groups is 1. The molecular weight excluding hydrogens is 392 g/mol. The summed E-state index contributed by atoms with van der Waals surface area (Å²) in [7, 11) is 3.62. The van der Waals surface area contributed by atoms with Crippen molar-refractivity contribution in [2.45, 2.75) is 17.4 Å². The van der Waals surface area contributed by atoms with E-state index >= 15 is 0 Å². The van der Waals surface area contributed by atoms with Crippen LogP contribution < -0.4 is 10.6 Å². The maximum absolute atomic E-state index is 12.3. The average molecular weight is 421 g/mol. The molecule has 0 saturated carbocycles. The molecule has 0 heterocycles. The van der Waals surface area contributed by atoms with E-state index in [4.69, 9.17) is 12.2 Å². The molecule has 0 spiro atoms. The number of hydrogen-bond acceptors (Lipinski definition) is 4. The fourth-order valence-corrected chi connectivity index (χ4v) is 3.80. The van der Waals surface area contributed by atoms with Gasteiger partial charge >= 0.3 is 0 Å². The van der Waals surface area contributed by atoms with Gasteiger partial charge < -0.3 is 15.5 Å². The highest BCUT2D eigenvalue weighted by atomic mass is 32.2. The molecule has 1 atom stereocenters. The summed E-state index contributed by atoms with van der Waals surface area (Å²) in [6.07, 6.45) is 0.903. The third-order valence-electron chi connectivity index (χ3n) is 4.41. The normalized spacial score (nSPS) is 12.8. The number of anilines is 1. The van der Waals surface area contributed by atoms with Crippen molar-refractivity contribution in [3.8, 4) is 0 Å². The molecule has 28 heavy (non-hydrogen) atoms. The van der Waals surface area contributed by atoms with Crippen molar-refractivity contribution in [3.63, 3.8) is 0 Å². The molecule has 0 aromatic heterocycles. The van der Waals surface area contributed by atoms with E-state index in [2.05, 4.69) is 27.7 Å². The van der Waals surface area contributed by atoms with Gasteiger partial charge in [0.15, 0.2) is 5.11 Å². The van der Waals surface area contributed by atoms with Gasteiger partial charge in [-0.15, -0.1) is 0 Å². The van der Waals surface area contributed by atoms with Crippen molar-refractivity contribution in [3.05, 3.63) is 60.2 Å². The summed E-state index contributed by atoms with van der Waals surface area (Å²) >= 11 is 5.39. The number of benzene rings is 2. The molecule has 2 aromatic carbocycles. The van der Waals surface area contributed by atoms with Gasteiger partial charge in [0, 0.05) is 32.4 Å². The van der Waals surface area contributed by atoms with Gasteiger partial charge in [-0.3, -0.25) is 0 Å². The monoisotopic (exact) mass is 420 g/mol. The third kappa shape index (κ3) is 6.27. The number of likely N-dealkylation sites (N-methyl/N-ethyl adjacent to an activating group) is 1. The lowest BCUT2D eigenvalue weighted by molar-refractivity contribution is 0.291. The summed E-state index contributed by atoms with van der Waals surface area (Å²) in [5.41, 5.74) is 1.90. The van der Waals surface area contributed by atoms with Crippen molar-refractivity contribution in [2.75, 3.05) is 40.1 Å². The van der Waals surface area contributed by atoms with Crippen LogP contribution in [0.2, 0.25) is 0 Å². The molecule has 152 valence electrons. The van der Waals surface area contributed by atoms with Crippen LogP contribution in [-0.4, -0.2) is 63.5 Å². The van der Waals surface area contributed by atoms with Crippen LogP contribution in [0, 0.1) is 0 Å². The Hall–Kier alpha value is -2.00. The minimum absolute atomic E-state index is 0.223. The topological polar surface area (TPSA) is 64.7 Å². The van der Waals surface area contributed by atoms with E-state index in [1.54, 1.807) is 24.3 Å². The molecular formula is C20H28N4O2S2. The molecule has 2 rings (SSSR count). The van der Waals surface area contributed by atoms with E-state index in [9.17, 15) is 8.42 Å². The molecule has 0 aliphatic rings. The summed E-state index contributed by atoms with van der Waals surface area (Å²) in [5.74, 6) is 0. The first-order chi connectivity index (χ1) is 13.2. The molecule has 0 aliphatic carbocycles. The van der Waals surface area contributed by atoms with Gasteiger partial charge in [-0.25, -0.2) is 12.7 Å². The van der Waals surface area contributed by atoms with Crippen LogP contribution in [-0.2, 0) is 16.4 Å². The van der Waals surface area contributed by atoms with E-state index in [0.29, 0.717) is 17.3 Å². The van der Waals surface area contributed by atoms with Gasteiger partial charge in [0.1, 0.15) is 0 Å². The van der Waals surface area contributed by atoms with Crippen molar-refractivity contribution < 1.29 is 8.42 Å². The molecule has 6 nitrogen and oxygen atoms in total.